The van der Waals surface area contributed by atoms with Gasteiger partial charge in [-0.25, -0.2) is 9.97 Å². The van der Waals surface area contributed by atoms with Crippen LogP contribution in [0.5, 0.6) is 0 Å². The first-order valence-corrected chi connectivity index (χ1v) is 21.3. The average molecular weight is 789 g/mol. The van der Waals surface area contributed by atoms with Gasteiger partial charge >= 0.3 is 0 Å². The highest BCUT2D eigenvalue weighted by molar-refractivity contribution is 6.37. The van der Waals surface area contributed by atoms with Crippen molar-refractivity contribution < 1.29 is 4.42 Å². The number of para-hydroxylation sites is 2. The van der Waals surface area contributed by atoms with Gasteiger partial charge in [0.2, 0.25) is 5.95 Å². The zero-order chi connectivity index (χ0) is 40.3. The van der Waals surface area contributed by atoms with Crippen LogP contribution in [0.25, 0.3) is 110 Å². The van der Waals surface area contributed by atoms with Gasteiger partial charge in [-0.05, 0) is 88.0 Å². The minimum Gasteiger partial charge on any atom is -0.456 e. The molecule has 5 heteroatoms. The van der Waals surface area contributed by atoms with E-state index in [9.17, 15) is 0 Å². The van der Waals surface area contributed by atoms with Gasteiger partial charge in [-0.3, -0.25) is 4.57 Å². The molecule has 0 unspecified atom stereocenters. The van der Waals surface area contributed by atoms with E-state index in [1.807, 2.05) is 0 Å². The van der Waals surface area contributed by atoms with Crippen LogP contribution in [0.4, 0.5) is 0 Å². The van der Waals surface area contributed by atoms with Crippen LogP contribution in [0.2, 0.25) is 0 Å². The Kier molecular flexibility index (Phi) is 6.04. The summed E-state index contributed by atoms with van der Waals surface area (Å²) in [6.07, 6.45) is 0. The predicted octanol–water partition coefficient (Wildman–Crippen LogP) is 14.1. The lowest BCUT2D eigenvalue weighted by molar-refractivity contribution is 0.669. The van der Waals surface area contributed by atoms with Crippen molar-refractivity contribution in [1.29, 1.82) is 0 Å². The van der Waals surface area contributed by atoms with Crippen molar-refractivity contribution >= 4 is 82.0 Å². The number of hydrogen-bond donors (Lipinski definition) is 0. The van der Waals surface area contributed by atoms with Crippen LogP contribution in [0.3, 0.4) is 0 Å². The lowest BCUT2D eigenvalue weighted by Gasteiger charge is -2.33. The molecule has 15 rings (SSSR count). The van der Waals surface area contributed by atoms with Crippen LogP contribution < -0.4 is 0 Å². The lowest BCUT2D eigenvalue weighted by atomic mass is 9.67. The Bertz CT molecular complexity index is 4120. The van der Waals surface area contributed by atoms with Crippen molar-refractivity contribution in [3.63, 3.8) is 0 Å². The average Bonchev–Trinajstić information content (AvgIpc) is 4.04. The highest BCUT2D eigenvalue weighted by atomic mass is 16.3. The van der Waals surface area contributed by atoms with Gasteiger partial charge in [0.15, 0.2) is 0 Å². The minimum absolute atomic E-state index is 0.476. The van der Waals surface area contributed by atoms with Crippen molar-refractivity contribution in [2.75, 3.05) is 0 Å². The summed E-state index contributed by atoms with van der Waals surface area (Å²) in [4.78, 5) is 11.0. The summed E-state index contributed by atoms with van der Waals surface area (Å²) in [5, 5.41) is 8.09. The van der Waals surface area contributed by atoms with Crippen LogP contribution in [-0.2, 0) is 5.41 Å². The predicted molar refractivity (Wildman–Crippen MR) is 252 cm³/mol. The third-order valence-electron chi connectivity index (χ3n) is 13.9. The summed E-state index contributed by atoms with van der Waals surface area (Å²) in [5.41, 5.74) is 17.3. The van der Waals surface area contributed by atoms with E-state index >= 15 is 0 Å². The normalized spacial score (nSPS) is 13.6. The molecule has 1 aliphatic rings. The Balaban J connectivity index is 1.03. The highest BCUT2D eigenvalue weighted by Gasteiger charge is 2.46. The zero-order valence-corrected chi connectivity index (χ0v) is 33.2. The second-order valence-corrected chi connectivity index (χ2v) is 16.8. The number of hydrogen-bond acceptors (Lipinski definition) is 3. The molecule has 0 radical (unpaired) electrons. The molecule has 0 N–H and O–H groups in total. The molecule has 5 nitrogen and oxygen atoms in total. The van der Waals surface area contributed by atoms with Crippen molar-refractivity contribution in [2.45, 2.75) is 5.41 Å². The molecule has 1 aliphatic carbocycles. The maximum atomic E-state index is 6.66. The van der Waals surface area contributed by atoms with Gasteiger partial charge in [0.05, 0.1) is 49.6 Å². The second kappa shape index (κ2) is 11.5. The number of fused-ring (bicyclic) bond motifs is 8. The van der Waals surface area contributed by atoms with E-state index in [0.29, 0.717) is 5.95 Å². The molecule has 0 amide bonds. The van der Waals surface area contributed by atoms with Gasteiger partial charge in [-0.2, -0.15) is 0 Å². The molecule has 0 bridgehead atoms. The minimum atomic E-state index is -0.476. The quantitative estimate of drug-likeness (QED) is 0.178. The smallest absolute Gasteiger partial charge is 0.235 e. The van der Waals surface area contributed by atoms with E-state index in [1.54, 1.807) is 0 Å². The fourth-order valence-electron chi connectivity index (χ4n) is 11.6. The SMILES string of the molecule is c1ccc(C2(c3ccccc3)c3ccccc3-c3cc(-c4nc(-n5c6ccc7oc8ccc9c%10ccccc%10n%10c%11cccc5c%11c6c7c8c9%10)nc5ccccc45)ccc32)cc1. The Morgan fingerprint density at radius 1 is 0.419 bits per heavy atom. The first-order valence-electron chi connectivity index (χ1n) is 21.3. The van der Waals surface area contributed by atoms with Crippen LogP contribution >= 0.6 is 0 Å². The summed E-state index contributed by atoms with van der Waals surface area (Å²) in [6.45, 7) is 0. The summed E-state index contributed by atoms with van der Waals surface area (Å²) in [7, 11) is 0. The Morgan fingerprint density at radius 3 is 1.94 bits per heavy atom. The summed E-state index contributed by atoms with van der Waals surface area (Å²) in [5.74, 6) is 0.634. The van der Waals surface area contributed by atoms with E-state index in [2.05, 4.69) is 203 Å². The topological polar surface area (TPSA) is 48.3 Å². The van der Waals surface area contributed by atoms with E-state index in [0.717, 1.165) is 66.0 Å². The molecule has 0 aliphatic heterocycles. The lowest BCUT2D eigenvalue weighted by Crippen LogP contribution is -2.28. The molecule has 9 aromatic carbocycles. The van der Waals surface area contributed by atoms with Crippen molar-refractivity contribution in [2.24, 2.45) is 0 Å². The van der Waals surface area contributed by atoms with Gasteiger partial charge < -0.3 is 8.82 Å². The van der Waals surface area contributed by atoms with Crippen LogP contribution in [-0.4, -0.2) is 18.9 Å². The first-order chi connectivity index (χ1) is 30.8. The fraction of sp³-hybridized carbons (Fsp3) is 0.0175. The molecule has 14 aromatic rings. The number of nitrogens with zero attached hydrogens (tertiary/aromatic N) is 4. The van der Waals surface area contributed by atoms with Crippen molar-refractivity contribution in [3.8, 4) is 28.3 Å². The van der Waals surface area contributed by atoms with Gasteiger partial charge in [0, 0.05) is 37.9 Å². The first kappa shape index (κ1) is 32.6. The zero-order valence-electron chi connectivity index (χ0n) is 33.2. The molecular formula is C57H32N4O. The van der Waals surface area contributed by atoms with E-state index in [4.69, 9.17) is 14.4 Å². The Hall–Kier alpha value is -8.28. The fourth-order valence-corrected chi connectivity index (χ4v) is 11.6. The number of aromatic nitrogens is 4. The summed E-state index contributed by atoms with van der Waals surface area (Å²) < 4.78 is 11.4. The van der Waals surface area contributed by atoms with Crippen LogP contribution in [0, 0.1) is 0 Å². The maximum absolute atomic E-state index is 6.66. The molecule has 5 aromatic heterocycles. The van der Waals surface area contributed by atoms with Gasteiger partial charge in [-0.15, -0.1) is 0 Å². The van der Waals surface area contributed by atoms with Gasteiger partial charge in [-0.1, -0.05) is 140 Å². The Morgan fingerprint density at radius 2 is 1.08 bits per heavy atom. The highest BCUT2D eigenvalue weighted by Crippen LogP contribution is 2.57. The van der Waals surface area contributed by atoms with E-state index in [-0.39, 0.29) is 0 Å². The van der Waals surface area contributed by atoms with E-state index in [1.165, 1.54) is 60.6 Å². The Labute approximate surface area is 354 Å². The third-order valence-corrected chi connectivity index (χ3v) is 13.9. The molecule has 0 atom stereocenters. The maximum Gasteiger partial charge on any atom is 0.235 e. The number of benzene rings is 9. The van der Waals surface area contributed by atoms with Crippen molar-refractivity contribution in [3.05, 3.63) is 216 Å². The standard InChI is InChI=1S/C57H32N4O/c1-3-14-34(15-4-1)57(35-16-5-2-6-17-35)41-21-10-7-18-36(41)40-32-33(26-28-42(40)57)54-39-20-8-11-22-43(39)58-56(59-54)61-46-25-13-24-45-50(46)51-47(61)29-31-48-52(51)53-49(62-48)30-27-38-37-19-9-12-23-44(37)60(45)55(38)53/h1-32H. The molecule has 286 valence electrons. The van der Waals surface area contributed by atoms with Gasteiger partial charge in [0.1, 0.15) is 11.2 Å². The van der Waals surface area contributed by atoms with Crippen LogP contribution in [0.1, 0.15) is 22.3 Å². The monoisotopic (exact) mass is 788 g/mol. The van der Waals surface area contributed by atoms with Crippen molar-refractivity contribution in [1.82, 2.24) is 18.9 Å². The third kappa shape index (κ3) is 3.86. The summed E-state index contributed by atoms with van der Waals surface area (Å²) in [6, 6.07) is 70.4. The van der Waals surface area contributed by atoms with Crippen LogP contribution in [0.15, 0.2) is 199 Å². The number of furan rings is 1. The molecule has 0 saturated heterocycles. The molecular weight excluding hydrogens is 757 g/mol. The molecule has 0 saturated carbocycles. The summed E-state index contributed by atoms with van der Waals surface area (Å²) >= 11 is 0. The largest absolute Gasteiger partial charge is 0.456 e. The second-order valence-electron chi connectivity index (χ2n) is 16.8. The van der Waals surface area contributed by atoms with Gasteiger partial charge in [0.25, 0.3) is 0 Å². The molecule has 62 heavy (non-hydrogen) atoms. The molecule has 5 heterocycles. The number of rotatable bonds is 4. The molecule has 0 fully saturated rings. The molecule has 0 spiro atoms. The van der Waals surface area contributed by atoms with E-state index < -0.39 is 5.41 Å².